The molecule has 0 aliphatic rings. The van der Waals surface area contributed by atoms with Crippen LogP contribution in [0, 0.1) is 0 Å². The predicted octanol–water partition coefficient (Wildman–Crippen LogP) is 0.0361. The molecule has 0 atom stereocenters. The molecule has 0 heterocycles. The maximum atomic E-state index is 10.00. The van der Waals surface area contributed by atoms with Crippen LogP contribution in [0.4, 0.5) is 0 Å². The molecule has 0 saturated heterocycles. The summed E-state index contributed by atoms with van der Waals surface area (Å²) in [4.78, 5) is 0.759. The number of hydrogen-bond donors (Lipinski definition) is 1. The zero-order chi connectivity index (χ0) is 5.15. The summed E-state index contributed by atoms with van der Waals surface area (Å²) in [6.45, 7) is 3.46. The first-order valence-electron chi connectivity index (χ1n) is 1.61. The molecular formula is C3H8NOS-. The SMILES string of the molecule is CC(C)=[S-](N)=O. The summed E-state index contributed by atoms with van der Waals surface area (Å²) in [6.07, 6.45) is 0. The van der Waals surface area contributed by atoms with Gasteiger partial charge in [0.25, 0.3) is 0 Å². The molecule has 0 aromatic heterocycles. The third-order valence-corrected chi connectivity index (χ3v) is 1.21. The van der Waals surface area contributed by atoms with Gasteiger partial charge in [0.15, 0.2) is 0 Å². The molecule has 2 N–H and O–H groups in total. The topological polar surface area (TPSA) is 43.1 Å². The fourth-order valence-electron chi connectivity index (χ4n) is 0. The minimum atomic E-state index is -1.20. The Labute approximate surface area is 39.5 Å². The quantitative estimate of drug-likeness (QED) is 0.344. The van der Waals surface area contributed by atoms with Gasteiger partial charge in [-0.15, -0.1) is 0 Å². The summed E-state index contributed by atoms with van der Waals surface area (Å²) >= 11 is 0. The highest BCUT2D eigenvalue weighted by Crippen LogP contribution is 1.61. The van der Waals surface area contributed by atoms with E-state index >= 15 is 0 Å². The van der Waals surface area contributed by atoms with E-state index < -0.39 is 10.6 Å². The lowest BCUT2D eigenvalue weighted by Gasteiger charge is -1.93. The zero-order valence-corrected chi connectivity index (χ0v) is 4.71. The van der Waals surface area contributed by atoms with Crippen LogP contribution in [0.3, 0.4) is 0 Å². The van der Waals surface area contributed by atoms with Crippen LogP contribution in [0.5, 0.6) is 0 Å². The highest BCUT2D eigenvalue weighted by molar-refractivity contribution is 7.82. The van der Waals surface area contributed by atoms with Crippen LogP contribution < -0.4 is 5.14 Å². The van der Waals surface area contributed by atoms with Crippen LogP contribution in [0.25, 0.3) is 0 Å². The molecule has 2 nitrogen and oxygen atoms in total. The highest BCUT2D eigenvalue weighted by atomic mass is 32.2. The summed E-state index contributed by atoms with van der Waals surface area (Å²) in [5.41, 5.74) is 0. The van der Waals surface area contributed by atoms with E-state index in [1.807, 2.05) is 0 Å². The van der Waals surface area contributed by atoms with Crippen molar-refractivity contribution in [2.24, 2.45) is 5.14 Å². The average Bonchev–Trinajstić information content (AvgIpc) is 1.36. The Balaban J connectivity index is 4.08. The molecule has 38 valence electrons. The number of hydrogen-bond acceptors (Lipinski definition) is 2. The Morgan fingerprint density at radius 2 is 1.83 bits per heavy atom. The Morgan fingerprint density at radius 1 is 1.67 bits per heavy atom. The van der Waals surface area contributed by atoms with E-state index in [0.717, 1.165) is 4.86 Å². The second-order valence-electron chi connectivity index (χ2n) is 1.21. The Hall–Kier alpha value is -0.0200. The molecule has 0 radical (unpaired) electrons. The lowest BCUT2D eigenvalue weighted by atomic mass is 10.6. The van der Waals surface area contributed by atoms with Gasteiger partial charge in [-0.2, -0.15) is 4.86 Å². The number of nitrogens with two attached hydrogens (primary N) is 1. The zero-order valence-electron chi connectivity index (χ0n) is 3.89. The van der Waals surface area contributed by atoms with E-state index in [2.05, 4.69) is 0 Å². The van der Waals surface area contributed by atoms with E-state index in [1.54, 1.807) is 13.8 Å². The lowest BCUT2D eigenvalue weighted by molar-refractivity contribution is 0.603. The predicted molar refractivity (Wildman–Crippen MR) is 28.6 cm³/mol. The van der Waals surface area contributed by atoms with Crippen LogP contribution in [0.15, 0.2) is 0 Å². The Bertz CT molecular complexity index is 108. The highest BCUT2D eigenvalue weighted by Gasteiger charge is 1.57. The van der Waals surface area contributed by atoms with E-state index in [0.29, 0.717) is 0 Å². The van der Waals surface area contributed by atoms with Crippen LogP contribution in [-0.4, -0.2) is 4.86 Å². The van der Waals surface area contributed by atoms with Gasteiger partial charge < -0.3 is 9.35 Å². The normalized spacial score (nSPS) is 9.33. The van der Waals surface area contributed by atoms with Crippen molar-refractivity contribution in [3.63, 3.8) is 0 Å². The van der Waals surface area contributed by atoms with Crippen LogP contribution in [0.1, 0.15) is 13.8 Å². The number of rotatable bonds is 0. The van der Waals surface area contributed by atoms with Gasteiger partial charge in [-0.1, -0.05) is 13.8 Å². The minimum absolute atomic E-state index is 0.759. The average molecular weight is 106 g/mol. The molecular weight excluding hydrogens is 98.1 g/mol. The van der Waals surface area contributed by atoms with Crippen molar-refractivity contribution in [1.29, 1.82) is 0 Å². The third kappa shape index (κ3) is 2.23. The molecule has 0 aromatic rings. The summed E-state index contributed by atoms with van der Waals surface area (Å²) in [7, 11) is -1.20. The van der Waals surface area contributed by atoms with Crippen molar-refractivity contribution in [3.8, 4) is 0 Å². The van der Waals surface area contributed by atoms with Gasteiger partial charge in [0.2, 0.25) is 0 Å². The van der Waals surface area contributed by atoms with Gasteiger partial charge in [-0.25, -0.2) is 10.6 Å². The van der Waals surface area contributed by atoms with Gasteiger partial charge in [0.05, 0.1) is 0 Å². The maximum absolute atomic E-state index is 10.00. The standard InChI is InChI=1S/C3H8NOS/c1-3(2)6(4)5/h1-2H3,(H2,4,5)/q-1. The van der Waals surface area contributed by atoms with Crippen LogP contribution in [0.2, 0.25) is 0 Å². The lowest BCUT2D eigenvalue weighted by Crippen LogP contribution is -1.98. The van der Waals surface area contributed by atoms with E-state index in [9.17, 15) is 4.21 Å². The Morgan fingerprint density at radius 3 is 1.83 bits per heavy atom. The van der Waals surface area contributed by atoms with Gasteiger partial charge in [0.1, 0.15) is 0 Å². The van der Waals surface area contributed by atoms with Crippen molar-refractivity contribution in [1.82, 2.24) is 0 Å². The summed E-state index contributed by atoms with van der Waals surface area (Å²) < 4.78 is 10.00. The van der Waals surface area contributed by atoms with Crippen molar-refractivity contribution < 1.29 is 4.21 Å². The fourth-order valence-corrected chi connectivity index (χ4v) is 0. The van der Waals surface area contributed by atoms with Crippen molar-refractivity contribution in [2.75, 3.05) is 0 Å². The molecule has 0 bridgehead atoms. The van der Waals surface area contributed by atoms with Crippen molar-refractivity contribution in [2.45, 2.75) is 13.8 Å². The van der Waals surface area contributed by atoms with Crippen LogP contribution in [-0.2, 0) is 14.8 Å². The van der Waals surface area contributed by atoms with Gasteiger partial charge in [-0.05, 0) is 0 Å². The minimum Gasteiger partial charge on any atom is -0.448 e. The molecule has 0 aliphatic heterocycles. The first-order chi connectivity index (χ1) is 2.64. The molecule has 0 unspecified atom stereocenters. The van der Waals surface area contributed by atoms with Crippen LogP contribution >= 0.6 is 0 Å². The summed E-state index contributed by atoms with van der Waals surface area (Å²) in [5, 5.41) is 4.87. The van der Waals surface area contributed by atoms with Gasteiger partial charge in [-0.3, -0.25) is 0 Å². The Kier molecular flexibility index (Phi) is 2.20. The molecule has 3 heteroatoms. The van der Waals surface area contributed by atoms with E-state index in [1.165, 1.54) is 0 Å². The molecule has 6 heavy (non-hydrogen) atoms. The fraction of sp³-hybridized carbons (Fsp3) is 0.667. The molecule has 0 aromatic carbocycles. The monoisotopic (exact) mass is 106 g/mol. The first-order valence-corrected chi connectivity index (χ1v) is 2.82. The molecule has 0 aliphatic carbocycles. The molecule has 0 fully saturated rings. The summed E-state index contributed by atoms with van der Waals surface area (Å²) in [5.74, 6) is 0. The largest absolute Gasteiger partial charge is 0.448 e. The molecule has 0 rings (SSSR count). The van der Waals surface area contributed by atoms with E-state index in [4.69, 9.17) is 5.14 Å². The van der Waals surface area contributed by atoms with E-state index in [-0.39, 0.29) is 0 Å². The van der Waals surface area contributed by atoms with Crippen molar-refractivity contribution in [3.05, 3.63) is 0 Å². The molecule has 0 spiro atoms. The smallest absolute Gasteiger partial charge is 0.0649 e. The molecule has 0 amide bonds. The molecule has 0 saturated carbocycles. The second-order valence-corrected chi connectivity index (χ2v) is 2.62. The van der Waals surface area contributed by atoms with Gasteiger partial charge >= 0.3 is 0 Å². The second kappa shape index (κ2) is 2.21. The maximum Gasteiger partial charge on any atom is -0.0649 e. The van der Waals surface area contributed by atoms with Crippen molar-refractivity contribution >= 4 is 15.4 Å². The third-order valence-electron chi connectivity index (χ3n) is 0.402. The first kappa shape index (κ1) is 5.98. The van der Waals surface area contributed by atoms with Gasteiger partial charge in [0, 0.05) is 0 Å². The summed E-state index contributed by atoms with van der Waals surface area (Å²) in [6, 6.07) is 0.